The van der Waals surface area contributed by atoms with Gasteiger partial charge in [-0.1, -0.05) is 322 Å². The maximum atomic E-state index is 12.5. The summed E-state index contributed by atoms with van der Waals surface area (Å²) in [5.74, 6) is -0.0204. The molecule has 0 radical (unpaired) electrons. The molecule has 3 N–H and O–H groups in total. The molecule has 0 heterocycles. The highest BCUT2D eigenvalue weighted by Gasteiger charge is 2.20. The topological polar surface area (TPSA) is 95.9 Å². The van der Waals surface area contributed by atoms with Crippen LogP contribution in [0.15, 0.2) is 0 Å². The van der Waals surface area contributed by atoms with E-state index in [2.05, 4.69) is 19.2 Å². The maximum Gasteiger partial charge on any atom is 0.305 e. The number of aliphatic hydroxyl groups is 2. The monoisotopic (exact) mass is 962 g/mol. The Bertz CT molecular complexity index is 975. The van der Waals surface area contributed by atoms with E-state index >= 15 is 0 Å². The Morgan fingerprint density at radius 2 is 0.603 bits per heavy atom. The van der Waals surface area contributed by atoms with E-state index in [-0.39, 0.29) is 18.5 Å². The third kappa shape index (κ3) is 54.2. The predicted molar refractivity (Wildman–Crippen MR) is 297 cm³/mol. The summed E-state index contributed by atoms with van der Waals surface area (Å²) in [5.41, 5.74) is 0. The van der Waals surface area contributed by atoms with Crippen LogP contribution in [0.4, 0.5) is 0 Å². The summed E-state index contributed by atoms with van der Waals surface area (Å²) in [6, 6.07) is -0.542. The molecule has 0 spiro atoms. The Labute approximate surface area is 426 Å². The molecule has 2 atom stereocenters. The number of ether oxygens (including phenoxy) is 1. The van der Waals surface area contributed by atoms with Crippen LogP contribution in [-0.4, -0.2) is 47.4 Å². The molecule has 0 saturated heterocycles. The number of hydrogen-bond donors (Lipinski definition) is 3. The quantitative estimate of drug-likeness (QED) is 0.0417. The molecule has 1 amide bonds. The van der Waals surface area contributed by atoms with Gasteiger partial charge in [0.15, 0.2) is 0 Å². The number of unbranched alkanes of at least 4 members (excludes halogenated alkanes) is 48. The lowest BCUT2D eigenvalue weighted by Crippen LogP contribution is -2.45. The van der Waals surface area contributed by atoms with E-state index in [4.69, 9.17) is 4.74 Å². The standard InChI is InChI=1S/C62H123NO5/c1-3-5-7-9-11-13-15-17-19-20-25-28-32-36-40-44-48-52-56-62(67)68-57-53-49-45-41-37-33-29-26-23-21-22-24-27-31-35-39-43-47-51-55-61(66)63-59(58-64)60(65)54-50-46-42-38-34-30-18-16-14-12-10-8-6-4-2/h59-60,64-65H,3-58H2,1-2H3,(H,63,66). The van der Waals surface area contributed by atoms with E-state index in [9.17, 15) is 19.8 Å². The number of rotatable bonds is 59. The number of aliphatic hydroxyl groups excluding tert-OH is 2. The van der Waals surface area contributed by atoms with Gasteiger partial charge in [0.1, 0.15) is 0 Å². The van der Waals surface area contributed by atoms with Gasteiger partial charge in [0.05, 0.1) is 25.4 Å². The van der Waals surface area contributed by atoms with Crippen LogP contribution in [-0.2, 0) is 14.3 Å². The second-order valence-corrected chi connectivity index (χ2v) is 21.8. The third-order valence-corrected chi connectivity index (χ3v) is 14.9. The highest BCUT2D eigenvalue weighted by Crippen LogP contribution is 2.19. The Morgan fingerprint density at radius 1 is 0.353 bits per heavy atom. The molecular formula is C62H123NO5. The van der Waals surface area contributed by atoms with Crippen molar-refractivity contribution in [1.29, 1.82) is 0 Å². The second kappa shape index (κ2) is 58.4. The first-order valence-electron chi connectivity index (χ1n) is 31.3. The van der Waals surface area contributed by atoms with Crippen molar-refractivity contribution < 1.29 is 24.5 Å². The molecule has 0 aliphatic rings. The van der Waals surface area contributed by atoms with Crippen LogP contribution in [0.5, 0.6) is 0 Å². The lowest BCUT2D eigenvalue weighted by atomic mass is 10.0. The zero-order valence-electron chi connectivity index (χ0n) is 46.4. The van der Waals surface area contributed by atoms with Crippen LogP contribution < -0.4 is 5.32 Å². The summed E-state index contributed by atoms with van der Waals surface area (Å²) >= 11 is 0. The normalized spacial score (nSPS) is 12.5. The molecule has 406 valence electrons. The van der Waals surface area contributed by atoms with Gasteiger partial charge in [-0.15, -0.1) is 0 Å². The highest BCUT2D eigenvalue weighted by atomic mass is 16.5. The van der Waals surface area contributed by atoms with Gasteiger partial charge in [-0.3, -0.25) is 9.59 Å². The number of carbonyl (C=O) groups excluding carboxylic acids is 2. The fourth-order valence-electron chi connectivity index (χ4n) is 10.1. The minimum Gasteiger partial charge on any atom is -0.466 e. The first-order chi connectivity index (χ1) is 33.5. The van der Waals surface area contributed by atoms with Crippen LogP contribution >= 0.6 is 0 Å². The molecule has 68 heavy (non-hydrogen) atoms. The van der Waals surface area contributed by atoms with Crippen molar-refractivity contribution in [2.24, 2.45) is 0 Å². The Morgan fingerprint density at radius 3 is 0.897 bits per heavy atom. The number of amides is 1. The van der Waals surface area contributed by atoms with E-state index in [0.29, 0.717) is 25.9 Å². The number of hydrogen-bond acceptors (Lipinski definition) is 5. The number of nitrogens with one attached hydrogen (secondary N) is 1. The summed E-state index contributed by atoms with van der Waals surface area (Å²) in [4.78, 5) is 24.6. The van der Waals surface area contributed by atoms with E-state index in [1.165, 1.54) is 289 Å². The lowest BCUT2D eigenvalue weighted by molar-refractivity contribution is -0.143. The molecule has 6 nitrogen and oxygen atoms in total. The van der Waals surface area contributed by atoms with Gasteiger partial charge in [-0.25, -0.2) is 0 Å². The SMILES string of the molecule is CCCCCCCCCCCCCCCCCCCCC(=O)OCCCCCCCCCCCCCCCCCCCCCC(=O)NC(CO)C(O)CCCCCCCCCCCCCCCC. The van der Waals surface area contributed by atoms with E-state index in [1.54, 1.807) is 0 Å². The van der Waals surface area contributed by atoms with Gasteiger partial charge < -0.3 is 20.3 Å². The molecule has 0 aliphatic carbocycles. The minimum atomic E-state index is -0.664. The van der Waals surface area contributed by atoms with Gasteiger partial charge in [0.2, 0.25) is 5.91 Å². The molecule has 6 heteroatoms. The predicted octanol–water partition coefficient (Wildman–Crippen LogP) is 19.5. The first-order valence-corrected chi connectivity index (χ1v) is 31.3. The zero-order valence-corrected chi connectivity index (χ0v) is 46.4. The van der Waals surface area contributed by atoms with Crippen molar-refractivity contribution >= 4 is 11.9 Å². The third-order valence-electron chi connectivity index (χ3n) is 14.9. The van der Waals surface area contributed by atoms with Gasteiger partial charge in [0, 0.05) is 12.8 Å². The van der Waals surface area contributed by atoms with Gasteiger partial charge >= 0.3 is 5.97 Å². The van der Waals surface area contributed by atoms with Crippen LogP contribution in [0, 0.1) is 0 Å². The van der Waals surface area contributed by atoms with Crippen molar-refractivity contribution in [3.8, 4) is 0 Å². The molecule has 0 aromatic rings. The first kappa shape index (κ1) is 66.9. The minimum absolute atomic E-state index is 0.0146. The number of esters is 1. The molecule has 0 bridgehead atoms. The lowest BCUT2D eigenvalue weighted by Gasteiger charge is -2.22. The van der Waals surface area contributed by atoms with Crippen molar-refractivity contribution in [2.75, 3.05) is 13.2 Å². The average Bonchev–Trinajstić information content (AvgIpc) is 3.34. The van der Waals surface area contributed by atoms with Gasteiger partial charge in [-0.05, 0) is 25.7 Å². The van der Waals surface area contributed by atoms with Crippen LogP contribution in [0.3, 0.4) is 0 Å². The summed E-state index contributed by atoms with van der Waals surface area (Å²) in [7, 11) is 0. The summed E-state index contributed by atoms with van der Waals surface area (Å²) in [5, 5.41) is 23.3. The Balaban J connectivity index is 3.36. The summed E-state index contributed by atoms with van der Waals surface area (Å²) in [6.45, 7) is 4.98. The van der Waals surface area contributed by atoms with Crippen LogP contribution in [0.1, 0.15) is 361 Å². The van der Waals surface area contributed by atoms with Crippen LogP contribution in [0.25, 0.3) is 0 Å². The molecule has 0 aromatic heterocycles. The van der Waals surface area contributed by atoms with Gasteiger partial charge in [-0.2, -0.15) is 0 Å². The fraction of sp³-hybridized carbons (Fsp3) is 0.968. The van der Waals surface area contributed by atoms with Crippen molar-refractivity contribution in [2.45, 2.75) is 373 Å². The van der Waals surface area contributed by atoms with E-state index < -0.39 is 12.1 Å². The van der Waals surface area contributed by atoms with E-state index in [1.807, 2.05) is 0 Å². The highest BCUT2D eigenvalue weighted by molar-refractivity contribution is 5.76. The van der Waals surface area contributed by atoms with Gasteiger partial charge in [0.25, 0.3) is 0 Å². The summed E-state index contributed by atoms with van der Waals surface area (Å²) < 4.78 is 5.50. The Kier molecular flexibility index (Phi) is 57.5. The largest absolute Gasteiger partial charge is 0.466 e. The van der Waals surface area contributed by atoms with Crippen molar-refractivity contribution in [3.05, 3.63) is 0 Å². The average molecular weight is 963 g/mol. The molecule has 0 aliphatic heterocycles. The molecule has 2 unspecified atom stereocenters. The molecule has 0 aromatic carbocycles. The molecule has 0 saturated carbocycles. The summed E-state index contributed by atoms with van der Waals surface area (Å²) in [6.07, 6.45) is 68.2. The fourth-order valence-corrected chi connectivity index (χ4v) is 10.1. The molecule has 0 rings (SSSR count). The van der Waals surface area contributed by atoms with Crippen molar-refractivity contribution in [1.82, 2.24) is 5.32 Å². The zero-order chi connectivity index (χ0) is 49.3. The van der Waals surface area contributed by atoms with Crippen molar-refractivity contribution in [3.63, 3.8) is 0 Å². The number of carbonyl (C=O) groups is 2. The van der Waals surface area contributed by atoms with E-state index in [0.717, 1.165) is 38.5 Å². The smallest absolute Gasteiger partial charge is 0.305 e. The molecular weight excluding hydrogens is 839 g/mol. The second-order valence-electron chi connectivity index (χ2n) is 21.8. The maximum absolute atomic E-state index is 12.5. The Hall–Kier alpha value is -1.14. The van der Waals surface area contributed by atoms with Crippen LogP contribution in [0.2, 0.25) is 0 Å². The molecule has 0 fully saturated rings.